The number of aromatic amines is 1. The van der Waals surface area contributed by atoms with Crippen molar-refractivity contribution in [1.29, 1.82) is 0 Å². The number of aromatic nitrogens is 3. The van der Waals surface area contributed by atoms with Crippen LogP contribution >= 0.6 is 0 Å². The number of rotatable bonds is 3. The first-order valence-corrected chi connectivity index (χ1v) is 4.21. The first-order valence-electron chi connectivity index (χ1n) is 4.21. The second-order valence-electron chi connectivity index (χ2n) is 2.84. The lowest BCUT2D eigenvalue weighted by Crippen LogP contribution is -1.97. The Morgan fingerprint density at radius 1 is 1.33 bits per heavy atom. The molecule has 0 unspecified atom stereocenters. The van der Waals surface area contributed by atoms with E-state index in [9.17, 15) is 4.79 Å². The van der Waals surface area contributed by atoms with E-state index in [1.807, 2.05) is 0 Å². The molecule has 0 fully saturated rings. The Morgan fingerprint density at radius 2 is 2.07 bits per heavy atom. The van der Waals surface area contributed by atoms with Crippen LogP contribution in [0.25, 0.3) is 0 Å². The highest BCUT2D eigenvalue weighted by atomic mass is 16.4. The molecule has 2 aromatic rings. The fourth-order valence-corrected chi connectivity index (χ4v) is 1.10. The third-order valence-corrected chi connectivity index (χ3v) is 1.81. The van der Waals surface area contributed by atoms with E-state index < -0.39 is 5.97 Å². The molecule has 0 saturated heterocycles. The summed E-state index contributed by atoms with van der Waals surface area (Å²) in [4.78, 5) is 14.5. The molecule has 1 aromatic heterocycles. The first-order chi connectivity index (χ1) is 7.25. The average molecular weight is 204 g/mol. The SMILES string of the molecule is O=C(O)c1ccc(Nc2ncn[nH]2)cc1. The number of aromatic carboxylic acids is 1. The molecule has 0 spiro atoms. The largest absolute Gasteiger partial charge is 0.478 e. The Morgan fingerprint density at radius 3 is 2.60 bits per heavy atom. The number of benzene rings is 1. The molecule has 0 radical (unpaired) electrons. The molecule has 2 rings (SSSR count). The summed E-state index contributed by atoms with van der Waals surface area (Å²) in [5.74, 6) is -0.431. The molecular formula is C9H8N4O2. The van der Waals surface area contributed by atoms with E-state index in [1.165, 1.54) is 18.5 Å². The van der Waals surface area contributed by atoms with E-state index >= 15 is 0 Å². The van der Waals surface area contributed by atoms with Crippen LogP contribution in [-0.4, -0.2) is 26.3 Å². The van der Waals surface area contributed by atoms with Gasteiger partial charge in [-0.25, -0.2) is 9.89 Å². The molecule has 1 aromatic carbocycles. The van der Waals surface area contributed by atoms with Crippen molar-refractivity contribution in [2.24, 2.45) is 0 Å². The van der Waals surface area contributed by atoms with Gasteiger partial charge in [-0.2, -0.15) is 10.1 Å². The summed E-state index contributed by atoms with van der Waals surface area (Å²) in [6.07, 6.45) is 1.38. The number of hydrogen-bond donors (Lipinski definition) is 3. The van der Waals surface area contributed by atoms with Crippen molar-refractivity contribution in [3.63, 3.8) is 0 Å². The zero-order valence-corrected chi connectivity index (χ0v) is 7.64. The molecule has 0 bridgehead atoms. The molecule has 3 N–H and O–H groups in total. The van der Waals surface area contributed by atoms with Crippen LogP contribution in [0.3, 0.4) is 0 Å². The summed E-state index contributed by atoms with van der Waals surface area (Å²) in [5, 5.41) is 17.9. The summed E-state index contributed by atoms with van der Waals surface area (Å²) < 4.78 is 0. The van der Waals surface area contributed by atoms with Crippen LogP contribution in [0.2, 0.25) is 0 Å². The number of carboxylic acids is 1. The van der Waals surface area contributed by atoms with Crippen LogP contribution in [-0.2, 0) is 0 Å². The Kier molecular flexibility index (Phi) is 2.32. The Hall–Kier alpha value is -2.37. The lowest BCUT2D eigenvalue weighted by atomic mass is 10.2. The number of carbonyl (C=O) groups is 1. The van der Waals surface area contributed by atoms with Gasteiger partial charge in [-0.1, -0.05) is 0 Å². The molecule has 0 saturated carbocycles. The number of hydrogen-bond acceptors (Lipinski definition) is 4. The zero-order valence-electron chi connectivity index (χ0n) is 7.64. The third kappa shape index (κ3) is 2.11. The van der Waals surface area contributed by atoms with Crippen molar-refractivity contribution >= 4 is 17.6 Å². The fourth-order valence-electron chi connectivity index (χ4n) is 1.10. The highest BCUT2D eigenvalue weighted by molar-refractivity contribution is 5.88. The summed E-state index contributed by atoms with van der Waals surface area (Å²) in [5.41, 5.74) is 0.995. The van der Waals surface area contributed by atoms with Gasteiger partial charge in [-0.3, -0.25) is 0 Å². The van der Waals surface area contributed by atoms with Gasteiger partial charge in [0, 0.05) is 5.69 Å². The molecule has 0 aliphatic carbocycles. The molecule has 0 aliphatic heterocycles. The van der Waals surface area contributed by atoms with Crippen molar-refractivity contribution in [2.75, 3.05) is 5.32 Å². The van der Waals surface area contributed by atoms with Gasteiger partial charge in [0.1, 0.15) is 6.33 Å². The minimum absolute atomic E-state index is 0.248. The van der Waals surface area contributed by atoms with E-state index in [0.29, 0.717) is 5.95 Å². The molecule has 0 amide bonds. The third-order valence-electron chi connectivity index (χ3n) is 1.81. The summed E-state index contributed by atoms with van der Waals surface area (Å²) in [6, 6.07) is 6.35. The molecule has 6 heteroatoms. The molecule has 6 nitrogen and oxygen atoms in total. The van der Waals surface area contributed by atoms with Gasteiger partial charge in [0.25, 0.3) is 0 Å². The predicted molar refractivity (Wildman–Crippen MR) is 53.1 cm³/mol. The van der Waals surface area contributed by atoms with Crippen molar-refractivity contribution in [1.82, 2.24) is 15.2 Å². The molecule has 1 heterocycles. The number of anilines is 2. The van der Waals surface area contributed by atoms with E-state index in [1.54, 1.807) is 12.1 Å². The molecule has 76 valence electrons. The van der Waals surface area contributed by atoms with Crippen molar-refractivity contribution < 1.29 is 9.90 Å². The van der Waals surface area contributed by atoms with Gasteiger partial charge in [0.15, 0.2) is 0 Å². The normalized spacial score (nSPS) is 9.87. The summed E-state index contributed by atoms with van der Waals surface area (Å²) >= 11 is 0. The number of nitrogens with one attached hydrogen (secondary N) is 2. The van der Waals surface area contributed by atoms with Crippen LogP contribution in [0.15, 0.2) is 30.6 Å². The topological polar surface area (TPSA) is 90.9 Å². The summed E-state index contributed by atoms with van der Waals surface area (Å²) in [6.45, 7) is 0. The second kappa shape index (κ2) is 3.79. The molecule has 15 heavy (non-hydrogen) atoms. The maximum Gasteiger partial charge on any atom is 0.335 e. The Bertz CT molecular complexity index is 449. The van der Waals surface area contributed by atoms with E-state index in [4.69, 9.17) is 5.11 Å². The van der Waals surface area contributed by atoms with Gasteiger partial charge in [0.2, 0.25) is 5.95 Å². The van der Waals surface area contributed by atoms with Crippen LogP contribution in [0.5, 0.6) is 0 Å². The van der Waals surface area contributed by atoms with Crippen molar-refractivity contribution in [3.05, 3.63) is 36.2 Å². The molecule has 0 atom stereocenters. The second-order valence-corrected chi connectivity index (χ2v) is 2.84. The molecular weight excluding hydrogens is 196 g/mol. The minimum atomic E-state index is -0.943. The number of H-pyrrole nitrogens is 1. The minimum Gasteiger partial charge on any atom is -0.478 e. The maximum atomic E-state index is 10.6. The van der Waals surface area contributed by atoms with Crippen LogP contribution < -0.4 is 5.32 Å². The number of carboxylic acid groups (broad SMARTS) is 1. The van der Waals surface area contributed by atoms with Crippen LogP contribution in [0, 0.1) is 0 Å². The van der Waals surface area contributed by atoms with E-state index in [-0.39, 0.29) is 5.56 Å². The smallest absolute Gasteiger partial charge is 0.335 e. The highest BCUT2D eigenvalue weighted by Gasteiger charge is 2.02. The maximum absolute atomic E-state index is 10.6. The van der Waals surface area contributed by atoms with Gasteiger partial charge in [-0.15, -0.1) is 0 Å². The first kappa shape index (κ1) is 9.20. The van der Waals surface area contributed by atoms with Crippen LogP contribution in [0.4, 0.5) is 11.6 Å². The lowest BCUT2D eigenvalue weighted by molar-refractivity contribution is 0.0697. The Balaban J connectivity index is 2.14. The fraction of sp³-hybridized carbons (Fsp3) is 0. The van der Waals surface area contributed by atoms with Gasteiger partial charge >= 0.3 is 5.97 Å². The standard InChI is InChI=1S/C9H8N4O2/c14-8(15)6-1-3-7(4-2-6)12-9-10-5-11-13-9/h1-5H,(H,14,15)(H2,10,11,12,13). The average Bonchev–Trinajstić information content (AvgIpc) is 2.71. The quantitative estimate of drug-likeness (QED) is 0.699. The Labute approximate surface area is 85.0 Å². The van der Waals surface area contributed by atoms with Gasteiger partial charge in [-0.05, 0) is 24.3 Å². The zero-order chi connectivity index (χ0) is 10.7. The number of nitrogens with zero attached hydrogens (tertiary/aromatic N) is 2. The monoisotopic (exact) mass is 204 g/mol. The van der Waals surface area contributed by atoms with Crippen molar-refractivity contribution in [3.8, 4) is 0 Å². The lowest BCUT2D eigenvalue weighted by Gasteiger charge is -2.01. The van der Waals surface area contributed by atoms with E-state index in [0.717, 1.165) is 5.69 Å². The predicted octanol–water partition coefficient (Wildman–Crippen LogP) is 1.25. The highest BCUT2D eigenvalue weighted by Crippen LogP contribution is 2.12. The van der Waals surface area contributed by atoms with Crippen molar-refractivity contribution in [2.45, 2.75) is 0 Å². The summed E-state index contributed by atoms with van der Waals surface area (Å²) in [7, 11) is 0. The molecule has 0 aliphatic rings. The van der Waals surface area contributed by atoms with Gasteiger partial charge in [0.05, 0.1) is 5.56 Å². The van der Waals surface area contributed by atoms with Crippen LogP contribution in [0.1, 0.15) is 10.4 Å². The van der Waals surface area contributed by atoms with Gasteiger partial charge < -0.3 is 10.4 Å². The van der Waals surface area contributed by atoms with E-state index in [2.05, 4.69) is 20.5 Å².